The SMILES string of the molecule is CC(NC(=O)C1=NN(c2ccccc2)C(=O)CC1)c1ccc2ccccc2c1. The average molecular weight is 371 g/mol. The van der Waals surface area contributed by atoms with Crippen molar-refractivity contribution in [3.05, 3.63) is 78.4 Å². The van der Waals surface area contributed by atoms with Crippen LogP contribution < -0.4 is 10.3 Å². The third kappa shape index (κ3) is 3.64. The molecule has 0 aromatic heterocycles. The van der Waals surface area contributed by atoms with Gasteiger partial charge in [-0.05, 0) is 41.5 Å². The molecule has 0 saturated carbocycles. The Morgan fingerprint density at radius 2 is 1.68 bits per heavy atom. The van der Waals surface area contributed by atoms with Crippen LogP contribution in [-0.4, -0.2) is 17.5 Å². The van der Waals surface area contributed by atoms with Gasteiger partial charge >= 0.3 is 0 Å². The summed E-state index contributed by atoms with van der Waals surface area (Å²) in [5.74, 6) is -0.348. The van der Waals surface area contributed by atoms with Crippen LogP contribution in [0.25, 0.3) is 10.8 Å². The van der Waals surface area contributed by atoms with E-state index in [1.54, 1.807) is 12.1 Å². The van der Waals surface area contributed by atoms with E-state index in [0.29, 0.717) is 17.8 Å². The van der Waals surface area contributed by atoms with E-state index in [1.807, 2.05) is 43.3 Å². The van der Waals surface area contributed by atoms with Crippen molar-refractivity contribution in [3.63, 3.8) is 0 Å². The Kier molecular flexibility index (Phi) is 4.89. The second-order valence-corrected chi connectivity index (χ2v) is 6.89. The summed E-state index contributed by atoms with van der Waals surface area (Å²) < 4.78 is 0. The zero-order valence-electron chi connectivity index (χ0n) is 15.6. The highest BCUT2D eigenvalue weighted by atomic mass is 16.2. The molecule has 3 aromatic carbocycles. The molecule has 0 bridgehead atoms. The van der Waals surface area contributed by atoms with Crippen LogP contribution in [0, 0.1) is 0 Å². The lowest BCUT2D eigenvalue weighted by molar-refractivity contribution is -0.119. The summed E-state index contributed by atoms with van der Waals surface area (Å²) in [5.41, 5.74) is 2.07. The Balaban J connectivity index is 1.52. The number of fused-ring (bicyclic) bond motifs is 1. The van der Waals surface area contributed by atoms with Crippen LogP contribution in [-0.2, 0) is 9.59 Å². The van der Waals surface area contributed by atoms with Gasteiger partial charge in [-0.25, -0.2) is 5.01 Å². The first-order valence-corrected chi connectivity index (χ1v) is 9.37. The molecule has 5 nitrogen and oxygen atoms in total. The minimum absolute atomic E-state index is 0.106. The van der Waals surface area contributed by atoms with Gasteiger partial charge in [-0.1, -0.05) is 54.6 Å². The maximum Gasteiger partial charge on any atom is 0.267 e. The standard InChI is InChI=1S/C23H21N3O2/c1-16(18-12-11-17-7-5-6-8-19(17)15-18)24-23(28)21-13-14-22(27)26(25-21)20-9-3-2-4-10-20/h2-12,15-16H,13-14H2,1H3,(H,24,28). The van der Waals surface area contributed by atoms with Crippen molar-refractivity contribution in [2.24, 2.45) is 5.10 Å². The largest absolute Gasteiger partial charge is 0.344 e. The highest BCUT2D eigenvalue weighted by molar-refractivity contribution is 6.40. The zero-order valence-corrected chi connectivity index (χ0v) is 15.6. The van der Waals surface area contributed by atoms with E-state index in [1.165, 1.54) is 10.4 Å². The fourth-order valence-corrected chi connectivity index (χ4v) is 3.33. The Morgan fingerprint density at radius 3 is 2.46 bits per heavy atom. The van der Waals surface area contributed by atoms with Crippen molar-refractivity contribution in [1.29, 1.82) is 0 Å². The second-order valence-electron chi connectivity index (χ2n) is 6.89. The predicted octanol–water partition coefficient (Wildman–Crippen LogP) is 4.20. The van der Waals surface area contributed by atoms with Gasteiger partial charge in [-0.15, -0.1) is 0 Å². The minimum atomic E-state index is -0.242. The van der Waals surface area contributed by atoms with E-state index in [0.717, 1.165) is 10.9 Å². The van der Waals surface area contributed by atoms with E-state index in [9.17, 15) is 9.59 Å². The van der Waals surface area contributed by atoms with Gasteiger partial charge in [0.05, 0.1) is 11.7 Å². The molecule has 28 heavy (non-hydrogen) atoms. The number of nitrogens with zero attached hydrogens (tertiary/aromatic N) is 2. The van der Waals surface area contributed by atoms with Crippen LogP contribution >= 0.6 is 0 Å². The Labute approximate surface area is 163 Å². The molecule has 5 heteroatoms. The number of hydrogen-bond donors (Lipinski definition) is 1. The molecular weight excluding hydrogens is 350 g/mol. The van der Waals surface area contributed by atoms with E-state index in [2.05, 4.69) is 34.7 Å². The molecule has 1 N–H and O–H groups in total. The monoisotopic (exact) mass is 371 g/mol. The van der Waals surface area contributed by atoms with Crippen molar-refractivity contribution in [2.75, 3.05) is 5.01 Å². The Hall–Kier alpha value is -3.47. The number of amides is 2. The number of hydrogen-bond acceptors (Lipinski definition) is 3. The van der Waals surface area contributed by atoms with Crippen LogP contribution in [0.5, 0.6) is 0 Å². The fraction of sp³-hybridized carbons (Fsp3) is 0.174. The predicted molar refractivity (Wildman–Crippen MR) is 111 cm³/mol. The molecule has 0 fully saturated rings. The molecule has 0 aliphatic carbocycles. The van der Waals surface area contributed by atoms with Gasteiger partial charge in [-0.3, -0.25) is 9.59 Å². The molecule has 140 valence electrons. The second kappa shape index (κ2) is 7.64. The first-order chi connectivity index (χ1) is 13.6. The van der Waals surface area contributed by atoms with Gasteiger partial charge < -0.3 is 5.32 Å². The summed E-state index contributed by atoms with van der Waals surface area (Å²) in [6, 6.07) is 23.3. The normalized spacial score (nSPS) is 15.2. The van der Waals surface area contributed by atoms with Gasteiger partial charge in [0.2, 0.25) is 5.91 Å². The Morgan fingerprint density at radius 1 is 0.964 bits per heavy atom. The number of benzene rings is 3. The minimum Gasteiger partial charge on any atom is -0.344 e. The van der Waals surface area contributed by atoms with Crippen molar-refractivity contribution in [2.45, 2.75) is 25.8 Å². The molecule has 3 aromatic rings. The third-order valence-corrected chi connectivity index (χ3v) is 4.92. The number of rotatable bonds is 4. The van der Waals surface area contributed by atoms with Crippen molar-refractivity contribution in [1.82, 2.24) is 5.32 Å². The van der Waals surface area contributed by atoms with Crippen LogP contribution in [0.15, 0.2) is 77.9 Å². The third-order valence-electron chi connectivity index (χ3n) is 4.92. The Bertz CT molecular complexity index is 1060. The lowest BCUT2D eigenvalue weighted by atomic mass is 10.0. The molecule has 1 unspecified atom stereocenters. The number of carbonyl (C=O) groups is 2. The molecule has 1 heterocycles. The van der Waals surface area contributed by atoms with E-state index in [4.69, 9.17) is 0 Å². The number of nitrogens with one attached hydrogen (secondary N) is 1. The summed E-state index contributed by atoms with van der Waals surface area (Å²) in [6.45, 7) is 1.95. The van der Waals surface area contributed by atoms with Gasteiger partial charge in [-0.2, -0.15) is 5.10 Å². The average Bonchev–Trinajstić information content (AvgIpc) is 2.74. The summed E-state index contributed by atoms with van der Waals surface area (Å²) in [7, 11) is 0. The van der Waals surface area contributed by atoms with E-state index >= 15 is 0 Å². The van der Waals surface area contributed by atoms with Crippen LogP contribution in [0.2, 0.25) is 0 Å². The van der Waals surface area contributed by atoms with Gasteiger partial charge in [0.1, 0.15) is 5.71 Å². The summed E-state index contributed by atoms with van der Waals surface area (Å²) in [6.07, 6.45) is 0.615. The van der Waals surface area contributed by atoms with E-state index < -0.39 is 0 Å². The smallest absolute Gasteiger partial charge is 0.267 e. The molecule has 0 radical (unpaired) electrons. The quantitative estimate of drug-likeness (QED) is 0.747. The van der Waals surface area contributed by atoms with Crippen LogP contribution in [0.3, 0.4) is 0 Å². The summed E-state index contributed by atoms with van der Waals surface area (Å²) in [5, 5.41) is 10.9. The van der Waals surface area contributed by atoms with Crippen LogP contribution in [0.4, 0.5) is 5.69 Å². The van der Waals surface area contributed by atoms with Crippen molar-refractivity contribution in [3.8, 4) is 0 Å². The fourth-order valence-electron chi connectivity index (χ4n) is 3.33. The molecule has 0 saturated heterocycles. The first-order valence-electron chi connectivity index (χ1n) is 9.37. The highest BCUT2D eigenvalue weighted by Crippen LogP contribution is 2.22. The molecule has 1 aliphatic rings. The molecule has 1 aliphatic heterocycles. The number of carbonyl (C=O) groups excluding carboxylic acids is 2. The summed E-state index contributed by atoms with van der Waals surface area (Å²) in [4.78, 5) is 25.0. The number of anilines is 1. The zero-order chi connectivity index (χ0) is 19.5. The summed E-state index contributed by atoms with van der Waals surface area (Å²) >= 11 is 0. The molecular formula is C23H21N3O2. The van der Waals surface area contributed by atoms with Gasteiger partial charge in [0.15, 0.2) is 0 Å². The maximum absolute atomic E-state index is 12.7. The van der Waals surface area contributed by atoms with Crippen molar-refractivity contribution >= 4 is 34.0 Å². The number of para-hydroxylation sites is 1. The topological polar surface area (TPSA) is 61.8 Å². The van der Waals surface area contributed by atoms with E-state index in [-0.39, 0.29) is 24.3 Å². The maximum atomic E-state index is 12.7. The lowest BCUT2D eigenvalue weighted by Gasteiger charge is -2.24. The lowest BCUT2D eigenvalue weighted by Crippen LogP contribution is -2.39. The molecule has 0 spiro atoms. The number of hydrazone groups is 1. The molecule has 2 amide bonds. The van der Waals surface area contributed by atoms with Crippen LogP contribution in [0.1, 0.15) is 31.4 Å². The molecule has 4 rings (SSSR count). The van der Waals surface area contributed by atoms with Gasteiger partial charge in [0.25, 0.3) is 5.91 Å². The molecule has 1 atom stereocenters. The highest BCUT2D eigenvalue weighted by Gasteiger charge is 2.26. The van der Waals surface area contributed by atoms with Gasteiger partial charge in [0, 0.05) is 12.8 Å². The first kappa shape index (κ1) is 17.9. The van der Waals surface area contributed by atoms with Crippen molar-refractivity contribution < 1.29 is 9.59 Å².